The van der Waals surface area contributed by atoms with Crippen molar-refractivity contribution < 1.29 is 22.7 Å². The maximum absolute atomic E-state index is 12.6. The van der Waals surface area contributed by atoms with E-state index in [1.54, 1.807) is 30.3 Å². The van der Waals surface area contributed by atoms with Crippen molar-refractivity contribution in [3.8, 4) is 17.6 Å². The molecule has 8 nitrogen and oxygen atoms in total. The molecule has 0 spiro atoms. The highest BCUT2D eigenvalue weighted by Crippen LogP contribution is 2.30. The summed E-state index contributed by atoms with van der Waals surface area (Å²) in [5.74, 6) is 0.322. The largest absolute Gasteiger partial charge is 0.493 e. The maximum atomic E-state index is 12.6. The first kappa shape index (κ1) is 23.0. The van der Waals surface area contributed by atoms with Gasteiger partial charge in [0.2, 0.25) is 0 Å². The SMILES string of the molecule is C=CCOc1ccc(C=C(C#N)C(=O)Nc2nc3ccc(S(C)(=O)=O)cc3s2)cc1OC. The molecule has 0 radical (unpaired) electrons. The molecule has 3 aromatic rings. The topological polar surface area (TPSA) is 118 Å². The number of nitriles is 1. The molecule has 0 aliphatic heterocycles. The molecule has 0 atom stereocenters. The van der Waals surface area contributed by atoms with Gasteiger partial charge in [-0.3, -0.25) is 10.1 Å². The zero-order chi connectivity index (χ0) is 23.3. The second-order valence-corrected chi connectivity index (χ2v) is 9.60. The van der Waals surface area contributed by atoms with E-state index in [2.05, 4.69) is 16.9 Å². The predicted molar refractivity (Wildman–Crippen MR) is 124 cm³/mol. The minimum atomic E-state index is -3.36. The van der Waals surface area contributed by atoms with Crippen molar-refractivity contribution in [3.63, 3.8) is 0 Å². The van der Waals surface area contributed by atoms with Crippen LogP contribution in [0.2, 0.25) is 0 Å². The van der Waals surface area contributed by atoms with E-state index in [0.717, 1.165) is 17.6 Å². The third-order valence-corrected chi connectivity index (χ3v) is 6.27. The van der Waals surface area contributed by atoms with E-state index in [-0.39, 0.29) is 15.6 Å². The van der Waals surface area contributed by atoms with Crippen LogP contribution in [0.15, 0.2) is 59.5 Å². The lowest BCUT2D eigenvalue weighted by atomic mass is 10.1. The minimum Gasteiger partial charge on any atom is -0.493 e. The lowest BCUT2D eigenvalue weighted by Crippen LogP contribution is -2.13. The number of methoxy groups -OCH3 is 1. The van der Waals surface area contributed by atoms with Crippen molar-refractivity contribution in [3.05, 3.63) is 60.2 Å². The number of anilines is 1. The van der Waals surface area contributed by atoms with Gasteiger partial charge in [-0.2, -0.15) is 5.26 Å². The van der Waals surface area contributed by atoms with E-state index >= 15 is 0 Å². The summed E-state index contributed by atoms with van der Waals surface area (Å²) < 4.78 is 34.9. The van der Waals surface area contributed by atoms with Crippen LogP contribution in [0, 0.1) is 11.3 Å². The highest BCUT2D eigenvalue weighted by Gasteiger charge is 2.15. The van der Waals surface area contributed by atoms with Gasteiger partial charge in [-0.1, -0.05) is 30.1 Å². The van der Waals surface area contributed by atoms with Crippen molar-refractivity contribution in [2.75, 3.05) is 25.3 Å². The van der Waals surface area contributed by atoms with Crippen LogP contribution in [0.4, 0.5) is 5.13 Å². The van der Waals surface area contributed by atoms with Crippen LogP contribution in [0.3, 0.4) is 0 Å². The van der Waals surface area contributed by atoms with Crippen LogP contribution >= 0.6 is 11.3 Å². The van der Waals surface area contributed by atoms with Crippen molar-refractivity contribution in [1.82, 2.24) is 4.98 Å². The molecule has 1 heterocycles. The average molecular weight is 470 g/mol. The van der Waals surface area contributed by atoms with Gasteiger partial charge in [0, 0.05) is 6.26 Å². The van der Waals surface area contributed by atoms with E-state index in [9.17, 15) is 18.5 Å². The Morgan fingerprint density at radius 1 is 1.28 bits per heavy atom. The Morgan fingerprint density at radius 3 is 2.72 bits per heavy atom. The summed E-state index contributed by atoms with van der Waals surface area (Å²) in [7, 11) is -1.87. The highest BCUT2D eigenvalue weighted by molar-refractivity contribution is 7.90. The number of thiazole rings is 1. The molecule has 1 N–H and O–H groups in total. The number of amides is 1. The normalized spacial score (nSPS) is 11.6. The van der Waals surface area contributed by atoms with E-state index in [1.165, 1.54) is 25.3 Å². The van der Waals surface area contributed by atoms with Gasteiger partial charge < -0.3 is 9.47 Å². The standard InChI is InChI=1S/C22H19N3O5S2/c1-4-9-30-18-8-5-14(11-19(18)29-2)10-15(13-23)21(26)25-22-24-17-7-6-16(32(3,27)28)12-20(17)31-22/h4-8,10-12H,1,9H2,2-3H3,(H,24,25,26). The van der Waals surface area contributed by atoms with Crippen molar-refractivity contribution in [2.45, 2.75) is 4.90 Å². The fraction of sp³-hybridized carbons (Fsp3) is 0.136. The van der Waals surface area contributed by atoms with Crippen LogP contribution < -0.4 is 14.8 Å². The molecule has 0 unspecified atom stereocenters. The molecular weight excluding hydrogens is 450 g/mol. The van der Waals surface area contributed by atoms with Gasteiger partial charge in [-0.25, -0.2) is 13.4 Å². The van der Waals surface area contributed by atoms with Gasteiger partial charge in [0.25, 0.3) is 5.91 Å². The number of carbonyl (C=O) groups is 1. The van der Waals surface area contributed by atoms with Gasteiger partial charge >= 0.3 is 0 Å². The van der Waals surface area contributed by atoms with E-state index in [1.807, 2.05) is 6.07 Å². The summed E-state index contributed by atoms with van der Waals surface area (Å²) in [5.41, 5.74) is 0.976. The lowest BCUT2D eigenvalue weighted by molar-refractivity contribution is -0.112. The second-order valence-electron chi connectivity index (χ2n) is 6.55. The Balaban J connectivity index is 1.84. The van der Waals surface area contributed by atoms with Crippen molar-refractivity contribution in [1.29, 1.82) is 5.26 Å². The summed E-state index contributed by atoms with van der Waals surface area (Å²) in [6.45, 7) is 3.91. The number of carbonyl (C=O) groups excluding carboxylic acids is 1. The van der Waals surface area contributed by atoms with Crippen LogP contribution in [-0.4, -0.2) is 39.3 Å². The van der Waals surface area contributed by atoms with E-state index < -0.39 is 15.7 Å². The molecule has 0 saturated heterocycles. The molecule has 0 aliphatic rings. The fourth-order valence-corrected chi connectivity index (χ4v) is 4.33. The molecule has 0 aliphatic carbocycles. The van der Waals surface area contributed by atoms with Crippen molar-refractivity contribution >= 4 is 48.5 Å². The highest BCUT2D eigenvalue weighted by atomic mass is 32.2. The Morgan fingerprint density at radius 2 is 2.06 bits per heavy atom. The summed E-state index contributed by atoms with van der Waals surface area (Å²) in [6, 6.07) is 11.4. The number of ether oxygens (including phenoxy) is 2. The quantitative estimate of drug-likeness (QED) is 0.303. The number of hydrogen-bond donors (Lipinski definition) is 1. The molecule has 1 aromatic heterocycles. The monoisotopic (exact) mass is 469 g/mol. The first-order valence-electron chi connectivity index (χ1n) is 9.20. The van der Waals surface area contributed by atoms with E-state index in [0.29, 0.717) is 33.9 Å². The van der Waals surface area contributed by atoms with E-state index in [4.69, 9.17) is 9.47 Å². The average Bonchev–Trinajstić information content (AvgIpc) is 3.17. The molecular formula is C22H19N3O5S2. The smallest absolute Gasteiger partial charge is 0.268 e. The summed E-state index contributed by atoms with van der Waals surface area (Å²) in [6.07, 6.45) is 4.15. The lowest BCUT2D eigenvalue weighted by Gasteiger charge is -2.10. The van der Waals surface area contributed by atoms with Crippen LogP contribution in [0.1, 0.15) is 5.56 Å². The zero-order valence-electron chi connectivity index (χ0n) is 17.3. The first-order chi connectivity index (χ1) is 15.2. The van der Waals surface area contributed by atoms with Crippen LogP contribution in [0.5, 0.6) is 11.5 Å². The number of nitrogens with one attached hydrogen (secondary N) is 1. The van der Waals surface area contributed by atoms with Crippen molar-refractivity contribution in [2.24, 2.45) is 0 Å². The van der Waals surface area contributed by atoms with Gasteiger partial charge in [0.1, 0.15) is 18.2 Å². The number of nitrogens with zero attached hydrogens (tertiary/aromatic N) is 2. The maximum Gasteiger partial charge on any atom is 0.268 e. The van der Waals surface area contributed by atoms with Gasteiger partial charge in [-0.05, 0) is 42.0 Å². The van der Waals surface area contributed by atoms with Gasteiger partial charge in [-0.15, -0.1) is 0 Å². The first-order valence-corrected chi connectivity index (χ1v) is 11.9. The van der Waals surface area contributed by atoms with Crippen LogP contribution in [-0.2, 0) is 14.6 Å². The Kier molecular flexibility index (Phi) is 6.92. The third-order valence-electron chi connectivity index (χ3n) is 4.23. The number of aromatic nitrogens is 1. The summed E-state index contributed by atoms with van der Waals surface area (Å²) in [5, 5.41) is 12.3. The summed E-state index contributed by atoms with van der Waals surface area (Å²) in [4.78, 5) is 17.1. The number of benzene rings is 2. The number of fused-ring (bicyclic) bond motifs is 1. The molecule has 0 bridgehead atoms. The Hall–Kier alpha value is -3.68. The Bertz CT molecular complexity index is 1370. The zero-order valence-corrected chi connectivity index (χ0v) is 18.9. The van der Waals surface area contributed by atoms with Gasteiger partial charge in [0.15, 0.2) is 26.5 Å². The second kappa shape index (κ2) is 9.64. The van der Waals surface area contributed by atoms with Gasteiger partial charge in [0.05, 0.1) is 22.2 Å². The number of rotatable bonds is 8. The predicted octanol–water partition coefficient (Wildman–Crippen LogP) is 3.82. The van der Waals surface area contributed by atoms with Crippen LogP contribution in [0.25, 0.3) is 16.3 Å². The Labute approximate surface area is 189 Å². The minimum absolute atomic E-state index is 0.136. The third kappa shape index (κ3) is 5.32. The molecule has 3 rings (SSSR count). The molecule has 164 valence electrons. The molecule has 1 amide bonds. The molecule has 2 aromatic carbocycles. The number of sulfone groups is 1. The fourth-order valence-electron chi connectivity index (χ4n) is 2.71. The molecule has 10 heteroatoms. The number of hydrogen-bond acceptors (Lipinski definition) is 8. The molecule has 32 heavy (non-hydrogen) atoms. The summed E-state index contributed by atoms with van der Waals surface area (Å²) >= 11 is 1.12. The molecule has 0 fully saturated rings. The molecule has 0 saturated carbocycles.